The van der Waals surface area contributed by atoms with E-state index >= 15 is 0 Å². The van der Waals surface area contributed by atoms with Crippen LogP contribution < -0.4 is 0 Å². The maximum Gasteiger partial charge on any atom is 0.189 e. The first kappa shape index (κ1) is 14.9. The SMILES string of the molecule is N#C[C@H]1C(=N)C(C#N)(C#N)[C@@H](c2cccnc2)[C@H]2COCC=C12. The smallest absolute Gasteiger partial charge is 0.189 e. The topological polar surface area (TPSA) is 117 Å². The summed E-state index contributed by atoms with van der Waals surface area (Å²) in [6.07, 6.45) is 5.03. The third-order valence-corrected chi connectivity index (χ3v) is 4.60. The molecule has 1 aliphatic carbocycles. The van der Waals surface area contributed by atoms with Crippen LogP contribution in [-0.2, 0) is 4.74 Å². The zero-order valence-corrected chi connectivity index (χ0v) is 12.2. The van der Waals surface area contributed by atoms with Gasteiger partial charge in [-0.1, -0.05) is 12.1 Å². The van der Waals surface area contributed by atoms with E-state index in [9.17, 15) is 15.8 Å². The maximum absolute atomic E-state index is 9.74. The Morgan fingerprint density at radius 2 is 2.09 bits per heavy atom. The molecule has 1 saturated carbocycles. The first-order valence-corrected chi connectivity index (χ1v) is 7.18. The lowest BCUT2D eigenvalue weighted by Gasteiger charge is -2.45. The molecule has 6 nitrogen and oxygen atoms in total. The summed E-state index contributed by atoms with van der Waals surface area (Å²) in [4.78, 5) is 4.08. The number of rotatable bonds is 1. The molecule has 2 aliphatic rings. The van der Waals surface area contributed by atoms with Crippen molar-refractivity contribution in [2.75, 3.05) is 13.2 Å². The quantitative estimate of drug-likeness (QED) is 0.795. The Morgan fingerprint density at radius 3 is 2.70 bits per heavy atom. The van der Waals surface area contributed by atoms with E-state index in [-0.39, 0.29) is 11.6 Å². The average molecular weight is 303 g/mol. The number of nitriles is 3. The molecule has 0 amide bonds. The van der Waals surface area contributed by atoms with Gasteiger partial charge in [0.05, 0.1) is 37.1 Å². The number of pyridine rings is 1. The minimum atomic E-state index is -1.69. The van der Waals surface area contributed by atoms with Gasteiger partial charge in [0.15, 0.2) is 5.41 Å². The number of ether oxygens (including phenoxy) is 1. The van der Waals surface area contributed by atoms with Crippen molar-refractivity contribution in [3.05, 3.63) is 41.7 Å². The monoisotopic (exact) mass is 303 g/mol. The highest BCUT2D eigenvalue weighted by atomic mass is 16.5. The van der Waals surface area contributed by atoms with Crippen LogP contribution in [-0.4, -0.2) is 23.9 Å². The van der Waals surface area contributed by atoms with Crippen LogP contribution in [0.3, 0.4) is 0 Å². The van der Waals surface area contributed by atoms with E-state index in [0.717, 1.165) is 5.57 Å². The maximum atomic E-state index is 9.74. The van der Waals surface area contributed by atoms with Crippen molar-refractivity contribution in [3.63, 3.8) is 0 Å². The molecule has 1 N–H and O–H groups in total. The fraction of sp³-hybridized carbons (Fsp3) is 0.353. The van der Waals surface area contributed by atoms with Crippen molar-refractivity contribution in [2.24, 2.45) is 17.3 Å². The van der Waals surface area contributed by atoms with E-state index in [1.165, 1.54) is 0 Å². The Kier molecular flexibility index (Phi) is 3.66. The lowest BCUT2D eigenvalue weighted by Crippen LogP contribution is -2.50. The third kappa shape index (κ3) is 2.03. The molecule has 3 atom stereocenters. The van der Waals surface area contributed by atoms with E-state index in [0.29, 0.717) is 18.8 Å². The van der Waals surface area contributed by atoms with E-state index in [1.807, 2.05) is 12.1 Å². The number of hydrogen-bond donors (Lipinski definition) is 1. The highest BCUT2D eigenvalue weighted by Crippen LogP contribution is 2.52. The zero-order chi connectivity index (χ0) is 16.4. The van der Waals surface area contributed by atoms with E-state index in [1.54, 1.807) is 30.6 Å². The molecule has 0 radical (unpaired) electrons. The van der Waals surface area contributed by atoms with Crippen LogP contribution in [0.4, 0.5) is 0 Å². The Morgan fingerprint density at radius 1 is 1.30 bits per heavy atom. The molecule has 1 fully saturated rings. The predicted octanol–water partition coefficient (Wildman–Crippen LogP) is 1.94. The van der Waals surface area contributed by atoms with Gasteiger partial charge >= 0.3 is 0 Å². The number of fused-ring (bicyclic) bond motifs is 1. The second-order valence-corrected chi connectivity index (χ2v) is 5.62. The largest absolute Gasteiger partial charge is 0.377 e. The Bertz CT molecular complexity index is 779. The number of nitrogens with zero attached hydrogens (tertiary/aromatic N) is 4. The van der Waals surface area contributed by atoms with Crippen molar-refractivity contribution in [1.82, 2.24) is 4.98 Å². The minimum Gasteiger partial charge on any atom is -0.377 e. The predicted molar refractivity (Wildman–Crippen MR) is 79.9 cm³/mol. The van der Waals surface area contributed by atoms with Crippen LogP contribution in [0.5, 0.6) is 0 Å². The van der Waals surface area contributed by atoms with E-state index in [4.69, 9.17) is 10.1 Å². The number of nitrogens with one attached hydrogen (secondary N) is 1. The number of aromatic nitrogens is 1. The summed E-state index contributed by atoms with van der Waals surface area (Å²) in [6.45, 7) is 0.700. The molecule has 112 valence electrons. The standard InChI is InChI=1S/C17H13N5O/c18-6-13-12-3-5-23-8-14(12)15(11-2-1-4-22-7-11)17(9-19,10-20)16(13)21/h1-4,7,13-15,21H,5,8H2/t13-,14+,15+/m1/s1. The third-order valence-electron chi connectivity index (χ3n) is 4.60. The van der Waals surface area contributed by atoms with Crippen LogP contribution in [0.1, 0.15) is 11.5 Å². The Hall–Kier alpha value is -3.01. The fourth-order valence-electron chi connectivity index (χ4n) is 3.55. The molecule has 6 heteroatoms. The molecule has 1 aliphatic heterocycles. The molecule has 1 aromatic rings. The summed E-state index contributed by atoms with van der Waals surface area (Å²) in [6, 6.07) is 9.65. The Labute approximate surface area is 133 Å². The van der Waals surface area contributed by atoms with Gasteiger partial charge in [0.25, 0.3) is 0 Å². The lowest BCUT2D eigenvalue weighted by atomic mass is 9.55. The molecule has 3 rings (SSSR count). The van der Waals surface area contributed by atoms with Crippen LogP contribution in [0.2, 0.25) is 0 Å². The van der Waals surface area contributed by atoms with Gasteiger partial charge in [0, 0.05) is 24.2 Å². The van der Waals surface area contributed by atoms with Crippen molar-refractivity contribution in [1.29, 1.82) is 21.2 Å². The Balaban J connectivity index is 2.26. The molecule has 0 aromatic carbocycles. The molecule has 0 bridgehead atoms. The molecule has 0 unspecified atom stereocenters. The minimum absolute atomic E-state index is 0.150. The van der Waals surface area contributed by atoms with Crippen molar-refractivity contribution < 1.29 is 4.74 Å². The second kappa shape index (κ2) is 5.65. The van der Waals surface area contributed by atoms with Gasteiger partial charge in [-0.3, -0.25) is 4.98 Å². The average Bonchev–Trinajstić information content (AvgIpc) is 2.61. The van der Waals surface area contributed by atoms with Crippen molar-refractivity contribution in [2.45, 2.75) is 5.92 Å². The first-order chi connectivity index (χ1) is 11.2. The summed E-state index contributed by atoms with van der Waals surface area (Å²) in [7, 11) is 0. The highest BCUT2D eigenvalue weighted by Gasteiger charge is 2.57. The summed E-state index contributed by atoms with van der Waals surface area (Å²) in [5.41, 5.74) is -0.355. The van der Waals surface area contributed by atoms with Crippen LogP contribution >= 0.6 is 0 Å². The molecule has 23 heavy (non-hydrogen) atoms. The molecule has 0 saturated heterocycles. The summed E-state index contributed by atoms with van der Waals surface area (Å²) in [5.74, 6) is -1.71. The fourth-order valence-corrected chi connectivity index (χ4v) is 3.55. The van der Waals surface area contributed by atoms with Crippen molar-refractivity contribution >= 4 is 5.71 Å². The molecule has 2 heterocycles. The van der Waals surface area contributed by atoms with Crippen LogP contribution in [0.15, 0.2) is 36.2 Å². The molecule has 1 aromatic heterocycles. The van der Waals surface area contributed by atoms with Gasteiger partial charge in [-0.2, -0.15) is 15.8 Å². The van der Waals surface area contributed by atoms with Crippen LogP contribution in [0, 0.1) is 56.7 Å². The van der Waals surface area contributed by atoms with Gasteiger partial charge in [0.1, 0.15) is 5.92 Å². The van der Waals surface area contributed by atoms with Gasteiger partial charge in [-0.15, -0.1) is 0 Å². The highest BCUT2D eigenvalue weighted by molar-refractivity contribution is 6.00. The molecular formula is C17H13N5O. The van der Waals surface area contributed by atoms with Gasteiger partial charge in [0.2, 0.25) is 0 Å². The number of hydrogen-bond acceptors (Lipinski definition) is 6. The first-order valence-electron chi connectivity index (χ1n) is 7.18. The van der Waals surface area contributed by atoms with E-state index in [2.05, 4.69) is 11.1 Å². The molecule has 0 spiro atoms. The van der Waals surface area contributed by atoms with Gasteiger partial charge in [-0.05, 0) is 17.2 Å². The van der Waals surface area contributed by atoms with E-state index < -0.39 is 17.3 Å². The zero-order valence-electron chi connectivity index (χ0n) is 12.2. The summed E-state index contributed by atoms with van der Waals surface area (Å²) < 4.78 is 5.51. The summed E-state index contributed by atoms with van der Waals surface area (Å²) in [5, 5.41) is 37.3. The van der Waals surface area contributed by atoms with Gasteiger partial charge < -0.3 is 10.1 Å². The summed E-state index contributed by atoms with van der Waals surface area (Å²) >= 11 is 0. The molecular weight excluding hydrogens is 290 g/mol. The second-order valence-electron chi connectivity index (χ2n) is 5.62. The van der Waals surface area contributed by atoms with Crippen LogP contribution in [0.25, 0.3) is 0 Å². The van der Waals surface area contributed by atoms with Crippen molar-refractivity contribution in [3.8, 4) is 18.2 Å². The normalized spacial score (nSPS) is 28.5. The van der Waals surface area contributed by atoms with Gasteiger partial charge in [-0.25, -0.2) is 0 Å². The lowest BCUT2D eigenvalue weighted by molar-refractivity contribution is 0.0949.